The smallest absolute Gasteiger partial charge is 0.254 e. The van der Waals surface area contributed by atoms with Crippen LogP contribution in [0.1, 0.15) is 37.0 Å². The fraction of sp³-hybridized carbons (Fsp3) is 0.533. The summed E-state index contributed by atoms with van der Waals surface area (Å²) in [6.45, 7) is 4.47. The number of ether oxygens (including phenoxy) is 1. The van der Waals surface area contributed by atoms with E-state index in [2.05, 4.69) is 0 Å². The van der Waals surface area contributed by atoms with Crippen LogP contribution in [0.3, 0.4) is 0 Å². The summed E-state index contributed by atoms with van der Waals surface area (Å²) in [6, 6.07) is 1.38. The zero-order valence-corrected chi connectivity index (χ0v) is 12.5. The monoisotopic (exact) mass is 303 g/mol. The third-order valence-corrected chi connectivity index (χ3v) is 3.41. The van der Waals surface area contributed by atoms with Gasteiger partial charge in [-0.05, 0) is 25.0 Å². The van der Waals surface area contributed by atoms with Gasteiger partial charge >= 0.3 is 0 Å². The maximum atomic E-state index is 13.3. The van der Waals surface area contributed by atoms with Crippen LogP contribution in [0.4, 0.5) is 13.2 Å². The minimum absolute atomic E-state index is 0.0659. The van der Waals surface area contributed by atoms with Crippen molar-refractivity contribution in [2.24, 2.45) is 0 Å². The quantitative estimate of drug-likeness (QED) is 0.723. The molecule has 0 bridgehead atoms. The van der Waals surface area contributed by atoms with Crippen molar-refractivity contribution < 1.29 is 22.7 Å². The summed E-state index contributed by atoms with van der Waals surface area (Å²) in [5.41, 5.74) is -0.200. The lowest BCUT2D eigenvalue weighted by molar-refractivity contribution is 0.0588. The van der Waals surface area contributed by atoms with Gasteiger partial charge in [-0.3, -0.25) is 4.79 Å². The lowest BCUT2D eigenvalue weighted by Gasteiger charge is -2.30. The lowest BCUT2D eigenvalue weighted by Crippen LogP contribution is -2.42. The average molecular weight is 303 g/mol. The molecule has 0 atom stereocenters. The van der Waals surface area contributed by atoms with Gasteiger partial charge in [0.15, 0.2) is 17.5 Å². The van der Waals surface area contributed by atoms with Gasteiger partial charge < -0.3 is 9.64 Å². The van der Waals surface area contributed by atoms with E-state index in [4.69, 9.17) is 4.74 Å². The molecule has 1 rings (SSSR count). The molecule has 118 valence electrons. The Labute approximate surface area is 122 Å². The molecule has 6 heteroatoms. The predicted molar refractivity (Wildman–Crippen MR) is 73.6 cm³/mol. The van der Waals surface area contributed by atoms with Crippen LogP contribution in [0.25, 0.3) is 0 Å². The van der Waals surface area contributed by atoms with E-state index in [9.17, 15) is 18.0 Å². The van der Waals surface area contributed by atoms with E-state index in [-0.39, 0.29) is 11.6 Å². The molecule has 21 heavy (non-hydrogen) atoms. The topological polar surface area (TPSA) is 29.5 Å². The molecule has 0 saturated carbocycles. The van der Waals surface area contributed by atoms with Crippen molar-refractivity contribution in [3.63, 3.8) is 0 Å². The number of carbonyl (C=O) groups excluding carboxylic acids is 1. The van der Waals surface area contributed by atoms with Crippen LogP contribution in [0.5, 0.6) is 0 Å². The van der Waals surface area contributed by atoms with E-state index in [0.29, 0.717) is 26.0 Å². The van der Waals surface area contributed by atoms with Gasteiger partial charge in [0.25, 0.3) is 5.91 Å². The number of nitrogens with zero attached hydrogens (tertiary/aromatic N) is 1. The van der Waals surface area contributed by atoms with Gasteiger partial charge in [-0.2, -0.15) is 0 Å². The fourth-order valence-corrected chi connectivity index (χ4v) is 2.21. The molecule has 0 heterocycles. The van der Waals surface area contributed by atoms with Crippen molar-refractivity contribution in [2.75, 3.05) is 20.3 Å². The Balaban J connectivity index is 3.09. The fourth-order valence-electron chi connectivity index (χ4n) is 2.21. The normalized spacial score (nSPS) is 11.0. The maximum absolute atomic E-state index is 13.3. The summed E-state index contributed by atoms with van der Waals surface area (Å²) in [7, 11) is 1.51. The maximum Gasteiger partial charge on any atom is 0.254 e. The van der Waals surface area contributed by atoms with Crippen LogP contribution >= 0.6 is 0 Å². The number of hydrogen-bond donors (Lipinski definition) is 0. The highest BCUT2D eigenvalue weighted by Crippen LogP contribution is 2.18. The van der Waals surface area contributed by atoms with E-state index in [1.807, 2.05) is 13.8 Å². The van der Waals surface area contributed by atoms with Crippen molar-refractivity contribution in [3.8, 4) is 0 Å². The summed E-state index contributed by atoms with van der Waals surface area (Å²) < 4.78 is 44.5. The first-order chi connectivity index (χ1) is 9.96. The van der Waals surface area contributed by atoms with E-state index in [1.54, 1.807) is 0 Å². The van der Waals surface area contributed by atoms with Gasteiger partial charge in [0.05, 0.1) is 6.61 Å². The zero-order chi connectivity index (χ0) is 16.0. The van der Waals surface area contributed by atoms with Crippen molar-refractivity contribution in [3.05, 3.63) is 35.1 Å². The van der Waals surface area contributed by atoms with Crippen molar-refractivity contribution in [2.45, 2.75) is 32.7 Å². The number of amides is 1. The van der Waals surface area contributed by atoms with Crippen molar-refractivity contribution in [1.82, 2.24) is 4.90 Å². The largest absolute Gasteiger partial charge is 0.383 e. The highest BCUT2D eigenvalue weighted by atomic mass is 19.2. The Morgan fingerprint density at radius 3 is 2.14 bits per heavy atom. The van der Waals surface area contributed by atoms with Gasteiger partial charge in [-0.15, -0.1) is 0 Å². The molecule has 0 aromatic heterocycles. The second-order valence-electron chi connectivity index (χ2n) is 4.72. The first-order valence-corrected chi connectivity index (χ1v) is 6.90. The SMILES string of the molecule is CCC(CC)N(CCOC)C(=O)c1cc(F)c(F)c(F)c1. The highest BCUT2D eigenvalue weighted by molar-refractivity contribution is 5.94. The molecule has 0 aliphatic carbocycles. The van der Waals surface area contributed by atoms with Crippen LogP contribution in [0.15, 0.2) is 12.1 Å². The summed E-state index contributed by atoms with van der Waals surface area (Å²) in [6.07, 6.45) is 1.41. The van der Waals surface area contributed by atoms with Crippen molar-refractivity contribution in [1.29, 1.82) is 0 Å². The molecule has 0 N–H and O–H groups in total. The van der Waals surface area contributed by atoms with Gasteiger partial charge in [0.2, 0.25) is 0 Å². The zero-order valence-electron chi connectivity index (χ0n) is 12.5. The molecule has 1 aromatic carbocycles. The molecular formula is C15H20F3NO2. The van der Waals surface area contributed by atoms with E-state index in [1.165, 1.54) is 12.0 Å². The molecule has 0 aliphatic heterocycles. The second kappa shape index (κ2) is 8.02. The van der Waals surface area contributed by atoms with Gasteiger partial charge in [-0.1, -0.05) is 13.8 Å². The van der Waals surface area contributed by atoms with Crippen molar-refractivity contribution >= 4 is 5.91 Å². The number of benzene rings is 1. The molecule has 1 amide bonds. The number of carbonyl (C=O) groups is 1. The summed E-state index contributed by atoms with van der Waals surface area (Å²) in [5.74, 6) is -4.83. The van der Waals surface area contributed by atoms with Crippen LogP contribution in [0.2, 0.25) is 0 Å². The third kappa shape index (κ3) is 4.20. The Kier molecular flexibility index (Phi) is 6.68. The first kappa shape index (κ1) is 17.5. The van der Waals surface area contributed by atoms with Gasteiger partial charge in [0.1, 0.15) is 0 Å². The minimum atomic E-state index is -1.57. The summed E-state index contributed by atoms with van der Waals surface area (Å²) >= 11 is 0. The van der Waals surface area contributed by atoms with E-state index >= 15 is 0 Å². The van der Waals surface area contributed by atoms with Gasteiger partial charge in [0, 0.05) is 25.3 Å². The van der Waals surface area contributed by atoms with Gasteiger partial charge in [-0.25, -0.2) is 13.2 Å². The molecule has 0 unspecified atom stereocenters. The average Bonchev–Trinajstić information content (AvgIpc) is 2.47. The summed E-state index contributed by atoms with van der Waals surface area (Å²) in [4.78, 5) is 13.9. The Bertz CT molecular complexity index is 467. The van der Waals surface area contributed by atoms with Crippen LogP contribution in [0, 0.1) is 17.5 Å². The van der Waals surface area contributed by atoms with E-state index in [0.717, 1.165) is 12.1 Å². The van der Waals surface area contributed by atoms with Crippen LogP contribution in [-0.4, -0.2) is 37.1 Å². The molecule has 0 saturated heterocycles. The molecule has 0 aliphatic rings. The first-order valence-electron chi connectivity index (χ1n) is 6.90. The molecule has 0 radical (unpaired) electrons. The Morgan fingerprint density at radius 1 is 1.19 bits per heavy atom. The standard InChI is InChI=1S/C15H20F3NO2/c1-4-11(5-2)19(6-7-21-3)15(20)10-8-12(16)14(18)13(17)9-10/h8-9,11H,4-7H2,1-3H3. The summed E-state index contributed by atoms with van der Waals surface area (Å²) in [5, 5.41) is 0. The van der Waals surface area contributed by atoms with E-state index < -0.39 is 23.4 Å². The number of rotatable bonds is 7. The molecule has 0 spiro atoms. The Hall–Kier alpha value is -1.56. The third-order valence-electron chi connectivity index (χ3n) is 3.41. The Morgan fingerprint density at radius 2 is 1.71 bits per heavy atom. The van der Waals surface area contributed by atoms with Crippen LogP contribution in [-0.2, 0) is 4.74 Å². The lowest BCUT2D eigenvalue weighted by atomic mass is 10.1. The van der Waals surface area contributed by atoms with Crippen LogP contribution < -0.4 is 0 Å². The molecule has 1 aromatic rings. The highest BCUT2D eigenvalue weighted by Gasteiger charge is 2.24. The minimum Gasteiger partial charge on any atom is -0.383 e. The molecule has 3 nitrogen and oxygen atoms in total. The number of halogens is 3. The predicted octanol–water partition coefficient (Wildman–Crippen LogP) is 3.38. The molecule has 0 fully saturated rings. The number of methoxy groups -OCH3 is 1. The second-order valence-corrected chi connectivity index (χ2v) is 4.72. The number of hydrogen-bond acceptors (Lipinski definition) is 2. The molecular weight excluding hydrogens is 283 g/mol.